The number of rotatable bonds is 7. The Morgan fingerprint density at radius 2 is 1.56 bits per heavy atom. The van der Waals surface area contributed by atoms with E-state index < -0.39 is 0 Å². The van der Waals surface area contributed by atoms with Crippen LogP contribution in [-0.4, -0.2) is 62.3 Å². The summed E-state index contributed by atoms with van der Waals surface area (Å²) in [5.74, 6) is 1.01. The summed E-state index contributed by atoms with van der Waals surface area (Å²) in [7, 11) is 0. The lowest BCUT2D eigenvalue weighted by Gasteiger charge is -2.32. The molecule has 0 saturated carbocycles. The van der Waals surface area contributed by atoms with E-state index in [-0.39, 0.29) is 11.9 Å². The first-order valence-corrected chi connectivity index (χ1v) is 12.6. The van der Waals surface area contributed by atoms with Crippen molar-refractivity contribution >= 4 is 18.1 Å². The van der Waals surface area contributed by atoms with Gasteiger partial charge in [0.1, 0.15) is 0 Å². The summed E-state index contributed by atoms with van der Waals surface area (Å²) >= 11 is 5.90. The lowest BCUT2D eigenvalue weighted by atomic mass is 10.0. The summed E-state index contributed by atoms with van der Waals surface area (Å²) in [5.41, 5.74) is 1.78. The smallest absolute Gasteiger partial charge is 0.251 e. The van der Waals surface area contributed by atoms with Gasteiger partial charge in [0.2, 0.25) is 4.77 Å². The van der Waals surface area contributed by atoms with Gasteiger partial charge in [0.05, 0.1) is 13.2 Å². The monoisotopic (exact) mass is 476 g/mol. The van der Waals surface area contributed by atoms with Gasteiger partial charge in [-0.3, -0.25) is 19.2 Å². The van der Waals surface area contributed by atoms with Gasteiger partial charge in [-0.2, -0.15) is 5.10 Å². The maximum Gasteiger partial charge on any atom is 0.251 e. The number of likely N-dealkylation sites (tertiary alicyclic amines) is 2. The summed E-state index contributed by atoms with van der Waals surface area (Å²) in [6, 6.07) is 19.9. The van der Waals surface area contributed by atoms with Crippen LogP contribution in [0.2, 0.25) is 0 Å². The molecule has 0 radical (unpaired) electrons. The maximum absolute atomic E-state index is 12.5. The normalized spacial score (nSPS) is 17.8. The number of carbonyl (C=O) groups excluding carboxylic acids is 1. The zero-order valence-electron chi connectivity index (χ0n) is 19.5. The highest BCUT2D eigenvalue weighted by Gasteiger charge is 2.23. The Balaban J connectivity index is 1.25. The molecule has 2 aromatic carbocycles. The van der Waals surface area contributed by atoms with Gasteiger partial charge in [0.15, 0.2) is 5.82 Å². The minimum Gasteiger partial charge on any atom is -0.349 e. The Bertz CT molecular complexity index is 1150. The van der Waals surface area contributed by atoms with E-state index in [1.807, 2.05) is 53.2 Å². The molecule has 0 unspecified atom stereocenters. The molecule has 5 rings (SSSR count). The predicted octanol–water partition coefficient (Wildman–Crippen LogP) is 3.85. The predicted molar refractivity (Wildman–Crippen MR) is 135 cm³/mol. The molecular formula is C26H32N6OS. The van der Waals surface area contributed by atoms with Gasteiger partial charge in [0.25, 0.3) is 5.91 Å². The summed E-state index contributed by atoms with van der Waals surface area (Å²) in [6.07, 6.45) is 4.35. The van der Waals surface area contributed by atoms with Crippen LogP contribution in [-0.2, 0) is 13.2 Å². The Kier molecular flexibility index (Phi) is 7.18. The molecule has 34 heavy (non-hydrogen) atoms. The number of nitrogens with one attached hydrogen (secondary N) is 1. The molecule has 0 bridgehead atoms. The van der Waals surface area contributed by atoms with E-state index in [0.29, 0.717) is 12.2 Å². The lowest BCUT2D eigenvalue weighted by molar-refractivity contribution is 0.0895. The second kappa shape index (κ2) is 10.6. The quantitative estimate of drug-likeness (QED) is 0.525. The SMILES string of the molecule is O=C(NC1CCN(Cn2nc(CN3CCCC3)n(-c3ccccc3)c2=S)CC1)c1ccccc1. The van der Waals surface area contributed by atoms with Crippen molar-refractivity contribution in [3.8, 4) is 5.69 Å². The zero-order valence-corrected chi connectivity index (χ0v) is 20.3. The van der Waals surface area contributed by atoms with E-state index in [4.69, 9.17) is 17.3 Å². The summed E-state index contributed by atoms with van der Waals surface area (Å²) in [5, 5.41) is 8.16. The molecule has 8 heteroatoms. The average molecular weight is 477 g/mol. The molecule has 2 fully saturated rings. The third kappa shape index (κ3) is 5.29. The van der Waals surface area contributed by atoms with Crippen molar-refractivity contribution in [1.29, 1.82) is 0 Å². The van der Waals surface area contributed by atoms with Crippen LogP contribution in [0, 0.1) is 4.77 Å². The Morgan fingerprint density at radius 3 is 2.24 bits per heavy atom. The fourth-order valence-corrected chi connectivity index (χ4v) is 5.20. The van der Waals surface area contributed by atoms with Crippen molar-refractivity contribution in [3.63, 3.8) is 0 Å². The number of nitrogens with zero attached hydrogens (tertiary/aromatic N) is 5. The van der Waals surface area contributed by atoms with Crippen molar-refractivity contribution in [2.24, 2.45) is 0 Å². The van der Waals surface area contributed by atoms with Crippen molar-refractivity contribution in [1.82, 2.24) is 29.5 Å². The van der Waals surface area contributed by atoms with Crippen molar-refractivity contribution in [2.45, 2.75) is 44.9 Å². The lowest BCUT2D eigenvalue weighted by Crippen LogP contribution is -2.45. The van der Waals surface area contributed by atoms with Gasteiger partial charge < -0.3 is 5.32 Å². The van der Waals surface area contributed by atoms with E-state index in [9.17, 15) is 4.79 Å². The first-order chi connectivity index (χ1) is 16.7. The van der Waals surface area contributed by atoms with Crippen molar-refractivity contribution in [2.75, 3.05) is 26.2 Å². The molecule has 2 aliphatic rings. The topological polar surface area (TPSA) is 58.3 Å². The maximum atomic E-state index is 12.5. The van der Waals surface area contributed by atoms with Crippen LogP contribution >= 0.6 is 12.2 Å². The van der Waals surface area contributed by atoms with Crippen LogP contribution < -0.4 is 5.32 Å². The fraction of sp³-hybridized carbons (Fsp3) is 0.423. The molecule has 7 nitrogen and oxygen atoms in total. The second-order valence-electron chi connectivity index (χ2n) is 9.23. The van der Waals surface area contributed by atoms with Crippen LogP contribution in [0.5, 0.6) is 0 Å². The van der Waals surface area contributed by atoms with Gasteiger partial charge in [-0.05, 0) is 75.3 Å². The van der Waals surface area contributed by atoms with Gasteiger partial charge in [-0.25, -0.2) is 4.68 Å². The molecule has 1 aromatic heterocycles. The fourth-order valence-electron chi connectivity index (χ4n) is 4.89. The number of benzene rings is 2. The van der Waals surface area contributed by atoms with Gasteiger partial charge in [-0.15, -0.1) is 0 Å². The summed E-state index contributed by atoms with van der Waals surface area (Å²) in [4.78, 5) is 17.3. The molecule has 3 heterocycles. The Labute approximate surface area is 206 Å². The summed E-state index contributed by atoms with van der Waals surface area (Å²) < 4.78 is 4.83. The highest BCUT2D eigenvalue weighted by atomic mass is 32.1. The van der Waals surface area contributed by atoms with Crippen LogP contribution in [0.25, 0.3) is 5.69 Å². The summed E-state index contributed by atoms with van der Waals surface area (Å²) in [6.45, 7) is 5.54. The molecule has 178 valence electrons. The average Bonchev–Trinajstić information content (AvgIpc) is 3.49. The van der Waals surface area contributed by atoms with Gasteiger partial charge in [-0.1, -0.05) is 36.4 Å². The van der Waals surface area contributed by atoms with Crippen LogP contribution in [0.3, 0.4) is 0 Å². The van der Waals surface area contributed by atoms with E-state index >= 15 is 0 Å². The molecule has 0 atom stereocenters. The number of piperidine rings is 1. The number of carbonyl (C=O) groups is 1. The number of hydrogen-bond donors (Lipinski definition) is 1. The van der Waals surface area contributed by atoms with E-state index in [0.717, 1.165) is 61.8 Å². The molecule has 0 spiro atoms. The number of para-hydroxylation sites is 1. The van der Waals surface area contributed by atoms with E-state index in [1.54, 1.807) is 0 Å². The Hall–Kier alpha value is -2.81. The molecule has 2 saturated heterocycles. The van der Waals surface area contributed by atoms with Crippen LogP contribution in [0.1, 0.15) is 41.9 Å². The molecule has 0 aliphatic carbocycles. The van der Waals surface area contributed by atoms with Crippen LogP contribution in [0.15, 0.2) is 60.7 Å². The zero-order chi connectivity index (χ0) is 23.3. The first kappa shape index (κ1) is 23.0. The minimum atomic E-state index is 0.00873. The second-order valence-corrected chi connectivity index (χ2v) is 9.59. The van der Waals surface area contributed by atoms with Gasteiger partial charge in [0, 0.05) is 30.4 Å². The molecule has 1 N–H and O–H groups in total. The number of amides is 1. The largest absolute Gasteiger partial charge is 0.349 e. The van der Waals surface area contributed by atoms with Crippen molar-refractivity contribution < 1.29 is 4.79 Å². The molecule has 1 amide bonds. The third-order valence-electron chi connectivity index (χ3n) is 6.78. The van der Waals surface area contributed by atoms with Crippen molar-refractivity contribution in [3.05, 3.63) is 76.8 Å². The van der Waals surface area contributed by atoms with Crippen LogP contribution in [0.4, 0.5) is 0 Å². The molecule has 3 aromatic rings. The minimum absolute atomic E-state index is 0.00873. The highest BCUT2D eigenvalue weighted by molar-refractivity contribution is 7.71. The Morgan fingerprint density at radius 1 is 0.912 bits per heavy atom. The number of hydrogen-bond acceptors (Lipinski definition) is 5. The third-order valence-corrected chi connectivity index (χ3v) is 7.17. The first-order valence-electron chi connectivity index (χ1n) is 12.2. The highest BCUT2D eigenvalue weighted by Crippen LogP contribution is 2.18. The molecule has 2 aliphatic heterocycles. The standard InChI is InChI=1S/C26H32N6OS/c33-25(21-9-3-1-4-10-21)27-22-13-17-30(18-14-22)20-31-26(34)32(23-11-5-2-6-12-23)24(28-31)19-29-15-7-8-16-29/h1-6,9-12,22H,7-8,13-20H2,(H,27,33). The molecular weight excluding hydrogens is 444 g/mol. The number of aromatic nitrogens is 3. The van der Waals surface area contributed by atoms with Gasteiger partial charge >= 0.3 is 0 Å². The van der Waals surface area contributed by atoms with E-state index in [1.165, 1.54) is 12.8 Å². The van der Waals surface area contributed by atoms with E-state index in [2.05, 4.69) is 31.8 Å².